The lowest BCUT2D eigenvalue weighted by Gasteiger charge is -2.20. The Morgan fingerprint density at radius 2 is 1.94 bits per heavy atom. The average molecular weight is 310 g/mol. The number of phenols is 1. The van der Waals surface area contributed by atoms with Gasteiger partial charge in [0.1, 0.15) is 5.75 Å². The molecule has 94 valence electrons. The monoisotopic (exact) mass is 309 g/mol. The Hall–Kier alpha value is -0.750. The Balaban J connectivity index is 2.61. The van der Waals surface area contributed by atoms with Gasteiger partial charge < -0.3 is 10.8 Å². The molecule has 1 aliphatic rings. The predicted molar refractivity (Wildman–Crippen MR) is 60.8 cm³/mol. The molecule has 2 rings (SSSR count). The Morgan fingerprint density at radius 1 is 1.35 bits per heavy atom. The molecule has 0 amide bonds. The van der Waals surface area contributed by atoms with E-state index in [0.717, 1.165) is 6.07 Å². The molecule has 0 atom stereocenters. The van der Waals surface area contributed by atoms with E-state index in [-0.39, 0.29) is 16.6 Å². The maximum Gasteiger partial charge on any atom is 0.416 e. The van der Waals surface area contributed by atoms with Crippen LogP contribution in [-0.2, 0) is 11.6 Å². The van der Waals surface area contributed by atoms with Gasteiger partial charge in [0.25, 0.3) is 0 Å². The van der Waals surface area contributed by atoms with E-state index in [1.807, 2.05) is 0 Å². The van der Waals surface area contributed by atoms with Crippen molar-refractivity contribution < 1.29 is 18.3 Å². The summed E-state index contributed by atoms with van der Waals surface area (Å²) < 4.78 is 38.9. The van der Waals surface area contributed by atoms with Gasteiger partial charge in [0.05, 0.1) is 10.0 Å². The quantitative estimate of drug-likeness (QED) is 0.881. The third-order valence-electron chi connectivity index (χ3n) is 3.21. The number of hydrogen-bond acceptors (Lipinski definition) is 2. The van der Waals surface area contributed by atoms with Crippen molar-refractivity contribution in [1.82, 2.24) is 0 Å². The molecule has 0 aliphatic heterocycles. The number of aromatic hydroxyl groups is 1. The standard InChI is InChI=1S/C11H11BrF3NO/c12-8-3-6(10(5-16)1-2-10)7(4-9(8)17)11(13,14)15/h3-4,17H,1-2,5,16H2. The molecule has 6 heteroatoms. The molecule has 0 aromatic heterocycles. The van der Waals surface area contributed by atoms with Crippen LogP contribution in [-0.4, -0.2) is 11.7 Å². The van der Waals surface area contributed by atoms with Crippen molar-refractivity contribution in [3.8, 4) is 5.75 Å². The Morgan fingerprint density at radius 3 is 2.35 bits per heavy atom. The molecular formula is C11H11BrF3NO. The van der Waals surface area contributed by atoms with E-state index in [0.29, 0.717) is 12.8 Å². The van der Waals surface area contributed by atoms with E-state index < -0.39 is 22.9 Å². The molecule has 1 fully saturated rings. The molecule has 1 saturated carbocycles. The van der Waals surface area contributed by atoms with Crippen molar-refractivity contribution in [1.29, 1.82) is 0 Å². The van der Waals surface area contributed by atoms with Crippen molar-refractivity contribution >= 4 is 15.9 Å². The zero-order valence-electron chi connectivity index (χ0n) is 8.81. The van der Waals surface area contributed by atoms with Crippen LogP contribution in [0.5, 0.6) is 5.75 Å². The van der Waals surface area contributed by atoms with Crippen LogP contribution in [0.2, 0.25) is 0 Å². The second-order valence-corrected chi connectivity index (χ2v) is 5.19. The molecule has 0 radical (unpaired) electrons. The van der Waals surface area contributed by atoms with Crippen molar-refractivity contribution in [2.24, 2.45) is 5.73 Å². The minimum atomic E-state index is -4.47. The number of halogens is 4. The topological polar surface area (TPSA) is 46.2 Å². The molecule has 0 saturated heterocycles. The summed E-state index contributed by atoms with van der Waals surface area (Å²) in [6.45, 7) is 0.188. The molecule has 0 unspecified atom stereocenters. The summed E-state index contributed by atoms with van der Waals surface area (Å²) in [4.78, 5) is 0. The fourth-order valence-corrected chi connectivity index (χ4v) is 2.31. The van der Waals surface area contributed by atoms with Gasteiger partial charge in [-0.05, 0) is 46.5 Å². The lowest BCUT2D eigenvalue weighted by molar-refractivity contribution is -0.138. The molecule has 0 heterocycles. The van der Waals surface area contributed by atoms with Gasteiger partial charge in [-0.3, -0.25) is 0 Å². The Labute approximate surface area is 105 Å². The summed E-state index contributed by atoms with van der Waals surface area (Å²) in [5, 5.41) is 9.37. The van der Waals surface area contributed by atoms with Gasteiger partial charge in [-0.25, -0.2) is 0 Å². The summed E-state index contributed by atoms with van der Waals surface area (Å²) in [5.41, 5.74) is 4.37. The highest BCUT2D eigenvalue weighted by Gasteiger charge is 2.48. The van der Waals surface area contributed by atoms with Gasteiger partial charge >= 0.3 is 6.18 Å². The van der Waals surface area contributed by atoms with Gasteiger partial charge in [-0.2, -0.15) is 13.2 Å². The van der Waals surface area contributed by atoms with E-state index in [2.05, 4.69) is 15.9 Å². The molecule has 17 heavy (non-hydrogen) atoms. The minimum Gasteiger partial charge on any atom is -0.507 e. The first kappa shape index (κ1) is 12.7. The van der Waals surface area contributed by atoms with Crippen LogP contribution in [0.25, 0.3) is 0 Å². The van der Waals surface area contributed by atoms with Crippen LogP contribution in [0.15, 0.2) is 16.6 Å². The van der Waals surface area contributed by atoms with E-state index in [4.69, 9.17) is 5.73 Å². The average Bonchev–Trinajstić information content (AvgIpc) is 3.00. The third-order valence-corrected chi connectivity index (χ3v) is 3.84. The summed E-state index contributed by atoms with van der Waals surface area (Å²) in [7, 11) is 0. The van der Waals surface area contributed by atoms with Crippen LogP contribution < -0.4 is 5.73 Å². The molecule has 1 aliphatic carbocycles. The summed E-state index contributed by atoms with van der Waals surface area (Å²) in [6, 6.07) is 2.09. The molecule has 0 spiro atoms. The van der Waals surface area contributed by atoms with Crippen LogP contribution in [0.4, 0.5) is 13.2 Å². The first-order chi connectivity index (χ1) is 7.80. The lowest BCUT2D eigenvalue weighted by Crippen LogP contribution is -2.24. The second kappa shape index (κ2) is 3.88. The number of nitrogens with two attached hydrogens (primary N) is 1. The summed E-state index contributed by atoms with van der Waals surface area (Å²) >= 11 is 3.04. The molecule has 1 aromatic carbocycles. The number of rotatable bonds is 2. The van der Waals surface area contributed by atoms with Crippen LogP contribution in [0, 0.1) is 0 Å². The predicted octanol–water partition coefficient (Wildman–Crippen LogP) is 3.16. The van der Waals surface area contributed by atoms with Gasteiger partial charge in [-0.1, -0.05) is 0 Å². The highest BCUT2D eigenvalue weighted by atomic mass is 79.9. The zero-order chi connectivity index (χ0) is 12.8. The van der Waals surface area contributed by atoms with Crippen molar-refractivity contribution in [3.63, 3.8) is 0 Å². The number of benzene rings is 1. The minimum absolute atomic E-state index is 0.178. The maximum absolute atomic E-state index is 12.9. The van der Waals surface area contributed by atoms with Crippen molar-refractivity contribution in [3.05, 3.63) is 27.7 Å². The summed E-state index contributed by atoms with van der Waals surface area (Å²) in [5.74, 6) is -0.408. The Kier molecular flexibility index (Phi) is 2.90. The molecular weight excluding hydrogens is 299 g/mol. The van der Waals surface area contributed by atoms with E-state index in [1.165, 1.54) is 6.07 Å². The first-order valence-corrected chi connectivity index (χ1v) is 5.90. The van der Waals surface area contributed by atoms with Gasteiger partial charge in [-0.15, -0.1) is 0 Å². The maximum atomic E-state index is 12.9. The smallest absolute Gasteiger partial charge is 0.416 e. The fraction of sp³-hybridized carbons (Fsp3) is 0.455. The first-order valence-electron chi connectivity index (χ1n) is 5.10. The van der Waals surface area contributed by atoms with Gasteiger partial charge in [0.15, 0.2) is 0 Å². The third kappa shape index (κ3) is 2.15. The van der Waals surface area contributed by atoms with E-state index in [9.17, 15) is 18.3 Å². The zero-order valence-corrected chi connectivity index (χ0v) is 10.4. The molecule has 0 bridgehead atoms. The van der Waals surface area contributed by atoms with E-state index in [1.54, 1.807) is 0 Å². The fourth-order valence-electron chi connectivity index (χ4n) is 1.97. The number of phenolic OH excluding ortho intramolecular Hbond substituents is 1. The van der Waals surface area contributed by atoms with Crippen molar-refractivity contribution in [2.75, 3.05) is 6.54 Å². The van der Waals surface area contributed by atoms with Crippen LogP contribution >= 0.6 is 15.9 Å². The second-order valence-electron chi connectivity index (χ2n) is 4.33. The Bertz CT molecular complexity index is 455. The highest BCUT2D eigenvalue weighted by molar-refractivity contribution is 9.10. The van der Waals surface area contributed by atoms with Crippen LogP contribution in [0.1, 0.15) is 24.0 Å². The molecule has 3 N–H and O–H groups in total. The van der Waals surface area contributed by atoms with Gasteiger partial charge in [0, 0.05) is 12.0 Å². The largest absolute Gasteiger partial charge is 0.507 e. The van der Waals surface area contributed by atoms with E-state index >= 15 is 0 Å². The SMILES string of the molecule is NCC1(c2cc(Br)c(O)cc2C(F)(F)F)CC1. The summed E-state index contributed by atoms with van der Waals surface area (Å²) in [6.07, 6.45) is -3.16. The van der Waals surface area contributed by atoms with Gasteiger partial charge in [0.2, 0.25) is 0 Å². The number of hydrogen-bond donors (Lipinski definition) is 2. The van der Waals surface area contributed by atoms with Crippen molar-refractivity contribution in [2.45, 2.75) is 24.4 Å². The highest BCUT2D eigenvalue weighted by Crippen LogP contribution is 2.52. The van der Waals surface area contributed by atoms with Crippen LogP contribution in [0.3, 0.4) is 0 Å². The molecule has 2 nitrogen and oxygen atoms in total. The number of alkyl halides is 3. The molecule has 1 aromatic rings. The normalized spacial score (nSPS) is 18.2. The lowest BCUT2D eigenvalue weighted by atomic mass is 9.91.